The van der Waals surface area contributed by atoms with Crippen molar-refractivity contribution >= 4 is 7.82 Å². The lowest BCUT2D eigenvalue weighted by atomic mass is 9.52. The second-order valence-corrected chi connectivity index (χ2v) is 7.20. The van der Waals surface area contributed by atoms with Crippen molar-refractivity contribution in [1.29, 1.82) is 0 Å². The van der Waals surface area contributed by atoms with Crippen molar-refractivity contribution in [3.05, 3.63) is 0 Å². The van der Waals surface area contributed by atoms with E-state index in [9.17, 15) is 14.8 Å². The molecule has 0 aliphatic heterocycles. The molecule has 114 valence electrons. The van der Waals surface area contributed by atoms with Crippen LogP contribution < -0.4 is 0 Å². The first-order valence-electron chi connectivity index (χ1n) is 5.80. The molecule has 5 N–H and O–H groups in total. The molecular weight excluding hydrogens is 279 g/mol. The molecule has 0 radical (unpaired) electrons. The van der Waals surface area contributed by atoms with E-state index in [1.807, 2.05) is 13.8 Å². The molecule has 1 aliphatic rings. The smallest absolute Gasteiger partial charge is 0.395 e. The Hall–Kier alpha value is -0.0500. The molecule has 1 aliphatic carbocycles. The monoisotopic (exact) mass is 300 g/mol. The Morgan fingerprint density at radius 1 is 1.21 bits per heavy atom. The number of aliphatic hydroxyl groups is 2. The van der Waals surface area contributed by atoms with E-state index >= 15 is 0 Å². The van der Waals surface area contributed by atoms with E-state index in [0.717, 1.165) is 0 Å². The third kappa shape index (κ3) is 3.34. The Morgan fingerprint density at radius 2 is 1.68 bits per heavy atom. The number of phosphoric acid groups is 1. The summed E-state index contributed by atoms with van der Waals surface area (Å²) in [7, 11) is -4.75. The van der Waals surface area contributed by atoms with Gasteiger partial charge in [0.1, 0.15) is 5.60 Å². The SMILES string of the molecule is CC1(C)CC(OO)(C(CO)(CO)COP(=O)(O)O)C1. The fourth-order valence-electron chi connectivity index (χ4n) is 2.80. The molecule has 0 aromatic rings. The van der Waals surface area contributed by atoms with Crippen molar-refractivity contribution in [1.82, 2.24) is 0 Å². The molecule has 1 saturated carbocycles. The molecule has 0 unspecified atom stereocenters. The molecule has 0 aromatic heterocycles. The molecule has 0 saturated heterocycles. The number of rotatable bonds is 7. The van der Waals surface area contributed by atoms with Gasteiger partial charge >= 0.3 is 7.82 Å². The molecule has 0 aromatic carbocycles. The van der Waals surface area contributed by atoms with E-state index < -0.39 is 38.7 Å². The fourth-order valence-corrected chi connectivity index (χ4v) is 3.21. The van der Waals surface area contributed by atoms with E-state index in [4.69, 9.17) is 15.0 Å². The third-order valence-corrected chi connectivity index (χ3v) is 4.25. The van der Waals surface area contributed by atoms with Crippen molar-refractivity contribution in [2.24, 2.45) is 10.8 Å². The average molecular weight is 300 g/mol. The molecule has 0 amide bonds. The molecule has 9 heteroatoms. The van der Waals surface area contributed by atoms with E-state index in [1.165, 1.54) is 0 Å². The van der Waals surface area contributed by atoms with Crippen LogP contribution >= 0.6 is 7.82 Å². The standard InChI is InChI=1S/C10H21O8P/c1-8(2)3-10(4-8,18-13)9(5-11,6-12)7-17-19(14,15)16/h11-13H,3-7H2,1-2H3,(H2,14,15,16). The van der Waals surface area contributed by atoms with Crippen LogP contribution in [0.5, 0.6) is 0 Å². The van der Waals surface area contributed by atoms with Gasteiger partial charge in [0.15, 0.2) is 0 Å². The highest BCUT2D eigenvalue weighted by molar-refractivity contribution is 7.46. The summed E-state index contributed by atoms with van der Waals surface area (Å²) in [5.41, 5.74) is -2.94. The van der Waals surface area contributed by atoms with E-state index in [1.54, 1.807) is 0 Å². The lowest BCUT2D eigenvalue weighted by Crippen LogP contribution is -2.65. The second kappa shape index (κ2) is 5.38. The number of aliphatic hydroxyl groups excluding tert-OH is 2. The highest BCUT2D eigenvalue weighted by Crippen LogP contribution is 2.58. The molecule has 8 nitrogen and oxygen atoms in total. The third-order valence-electron chi connectivity index (χ3n) is 3.78. The minimum Gasteiger partial charge on any atom is -0.395 e. The molecule has 0 atom stereocenters. The Balaban J connectivity index is 2.95. The van der Waals surface area contributed by atoms with Crippen molar-refractivity contribution in [2.45, 2.75) is 32.3 Å². The molecular formula is C10H21O8P. The first kappa shape index (κ1) is 17.0. The molecule has 1 fully saturated rings. The topological polar surface area (TPSA) is 137 Å². The van der Waals surface area contributed by atoms with Gasteiger partial charge in [0.25, 0.3) is 0 Å². The van der Waals surface area contributed by atoms with Crippen molar-refractivity contribution in [2.75, 3.05) is 19.8 Å². The van der Waals surface area contributed by atoms with Crippen LogP contribution in [-0.2, 0) is 14.0 Å². The maximum absolute atomic E-state index is 10.8. The van der Waals surface area contributed by atoms with E-state index in [2.05, 4.69) is 9.41 Å². The van der Waals surface area contributed by atoms with Gasteiger partial charge in [-0.3, -0.25) is 9.78 Å². The van der Waals surface area contributed by atoms with Crippen molar-refractivity contribution in [3.63, 3.8) is 0 Å². The van der Waals surface area contributed by atoms with E-state index in [0.29, 0.717) is 12.8 Å². The minimum atomic E-state index is -4.75. The predicted molar refractivity (Wildman–Crippen MR) is 64.1 cm³/mol. The van der Waals surface area contributed by atoms with Crippen LogP contribution in [0.15, 0.2) is 0 Å². The average Bonchev–Trinajstić information content (AvgIpc) is 2.26. The van der Waals surface area contributed by atoms with Crippen molar-refractivity contribution in [3.8, 4) is 0 Å². The zero-order valence-electron chi connectivity index (χ0n) is 10.9. The van der Waals surface area contributed by atoms with Crippen molar-refractivity contribution < 1.29 is 39.2 Å². The Bertz CT molecular complexity index is 351. The highest BCUT2D eigenvalue weighted by atomic mass is 31.2. The van der Waals surface area contributed by atoms with Crippen LogP contribution in [0.2, 0.25) is 0 Å². The van der Waals surface area contributed by atoms with Gasteiger partial charge in [-0.05, 0) is 18.3 Å². The van der Waals surface area contributed by atoms with Gasteiger partial charge in [-0.2, -0.15) is 0 Å². The van der Waals surface area contributed by atoms with Crippen LogP contribution in [0.4, 0.5) is 0 Å². The van der Waals surface area contributed by atoms with E-state index in [-0.39, 0.29) is 5.41 Å². The number of hydrogen-bond acceptors (Lipinski definition) is 6. The Kier molecular flexibility index (Phi) is 4.82. The number of phosphoric ester groups is 1. The highest BCUT2D eigenvalue weighted by Gasteiger charge is 2.63. The quantitative estimate of drug-likeness (QED) is 0.254. The summed E-state index contributed by atoms with van der Waals surface area (Å²) in [6, 6.07) is 0. The maximum Gasteiger partial charge on any atom is 0.469 e. The van der Waals surface area contributed by atoms with Crippen LogP contribution in [0.1, 0.15) is 26.7 Å². The lowest BCUT2D eigenvalue weighted by Gasteiger charge is -2.58. The first-order valence-corrected chi connectivity index (χ1v) is 7.33. The largest absolute Gasteiger partial charge is 0.469 e. The molecule has 0 bridgehead atoms. The minimum absolute atomic E-state index is 0.166. The van der Waals surface area contributed by atoms with Gasteiger partial charge in [0.2, 0.25) is 0 Å². The normalized spacial score (nSPS) is 22.1. The zero-order chi connectivity index (χ0) is 14.9. The summed E-state index contributed by atoms with van der Waals surface area (Å²) in [5, 5.41) is 28.1. The van der Waals surface area contributed by atoms with Gasteiger partial charge in [-0.15, -0.1) is 0 Å². The number of hydrogen-bond donors (Lipinski definition) is 5. The van der Waals surface area contributed by atoms with Gasteiger partial charge < -0.3 is 20.0 Å². The van der Waals surface area contributed by atoms with Gasteiger partial charge in [-0.1, -0.05) is 13.8 Å². The summed E-state index contributed by atoms with van der Waals surface area (Å²) in [6.07, 6.45) is 0.643. The first-order chi connectivity index (χ1) is 8.55. The van der Waals surface area contributed by atoms with Crippen LogP contribution in [0, 0.1) is 10.8 Å². The van der Waals surface area contributed by atoms with Crippen LogP contribution in [0.25, 0.3) is 0 Å². The van der Waals surface area contributed by atoms with Gasteiger partial charge in [-0.25, -0.2) is 9.45 Å². The summed E-state index contributed by atoms with van der Waals surface area (Å²) in [6.45, 7) is 1.92. The summed E-state index contributed by atoms with van der Waals surface area (Å²) < 4.78 is 15.1. The predicted octanol–water partition coefficient (Wildman–Crippen LogP) is 0.115. The van der Waals surface area contributed by atoms with Gasteiger partial charge in [0.05, 0.1) is 25.2 Å². The molecule has 0 heterocycles. The summed E-state index contributed by atoms with van der Waals surface area (Å²) >= 11 is 0. The Morgan fingerprint density at radius 3 is 1.95 bits per heavy atom. The van der Waals surface area contributed by atoms with Gasteiger partial charge in [0, 0.05) is 0 Å². The zero-order valence-corrected chi connectivity index (χ0v) is 11.8. The summed E-state index contributed by atoms with van der Waals surface area (Å²) in [5.74, 6) is 0. The molecule has 0 spiro atoms. The fraction of sp³-hybridized carbons (Fsp3) is 1.00. The molecule has 1 rings (SSSR count). The second-order valence-electron chi connectivity index (χ2n) is 5.96. The summed E-state index contributed by atoms with van der Waals surface area (Å²) in [4.78, 5) is 21.9. The molecule has 19 heavy (non-hydrogen) atoms. The Labute approximate surface area is 111 Å². The van der Waals surface area contributed by atoms with Crippen LogP contribution in [-0.4, -0.2) is 50.7 Å². The van der Waals surface area contributed by atoms with Crippen LogP contribution in [0.3, 0.4) is 0 Å². The lowest BCUT2D eigenvalue weighted by molar-refractivity contribution is -0.403. The maximum atomic E-state index is 10.8.